The molecule has 0 aromatic rings. The third kappa shape index (κ3) is 3.15. The second-order valence-corrected chi connectivity index (χ2v) is 7.67. The molecule has 1 atom stereocenters. The molecule has 2 fully saturated rings. The second kappa shape index (κ2) is 5.61. The fraction of sp³-hybridized carbons (Fsp3) is 0.833. The molecule has 0 unspecified atom stereocenters. The number of hydrogen-bond donors (Lipinski definition) is 0. The van der Waals surface area contributed by atoms with E-state index in [2.05, 4.69) is 4.40 Å². The minimum atomic E-state index is -3.59. The van der Waals surface area contributed by atoms with Gasteiger partial charge in [-0.2, -0.15) is 12.7 Å². The maximum absolute atomic E-state index is 12.0. The monoisotopic (exact) mass is 321 g/mol. The molecule has 1 saturated heterocycles. The summed E-state index contributed by atoms with van der Waals surface area (Å²) >= 11 is 5.58. The van der Waals surface area contributed by atoms with Crippen LogP contribution in [0.1, 0.15) is 19.3 Å². The molecular weight excluding hydrogens is 302 g/mol. The number of carbonyl (C=O) groups is 1. The fourth-order valence-electron chi connectivity index (χ4n) is 2.83. The summed E-state index contributed by atoms with van der Waals surface area (Å²) in [6, 6.07) is 0. The van der Waals surface area contributed by atoms with E-state index in [0.29, 0.717) is 13.1 Å². The molecule has 2 rings (SSSR count). The van der Waals surface area contributed by atoms with Gasteiger partial charge in [-0.25, -0.2) is 0 Å². The Hall–Kier alpha value is -0.660. The Bertz CT molecular complexity index is 510. The number of alkyl halides is 1. The first-order valence-corrected chi connectivity index (χ1v) is 8.54. The van der Waals surface area contributed by atoms with Gasteiger partial charge in [0.15, 0.2) is 5.78 Å². The molecule has 20 heavy (non-hydrogen) atoms. The average Bonchev–Trinajstić information content (AvgIpc) is 3.10. The van der Waals surface area contributed by atoms with Crippen LogP contribution in [-0.2, 0) is 15.0 Å². The number of carbonyl (C=O) groups excluding carboxylic acids is 1. The lowest BCUT2D eigenvalue weighted by molar-refractivity contribution is -0.118. The van der Waals surface area contributed by atoms with Gasteiger partial charge in [0.2, 0.25) is 0 Å². The van der Waals surface area contributed by atoms with Gasteiger partial charge in [-0.05, 0) is 24.7 Å². The van der Waals surface area contributed by atoms with Crippen LogP contribution in [0.25, 0.3) is 0 Å². The first-order valence-electron chi connectivity index (χ1n) is 6.61. The normalized spacial score (nSPS) is 26.1. The van der Waals surface area contributed by atoms with Crippen LogP contribution in [-0.4, -0.2) is 62.8 Å². The summed E-state index contributed by atoms with van der Waals surface area (Å²) in [6.07, 6.45) is 3.58. The van der Waals surface area contributed by atoms with Crippen molar-refractivity contribution in [3.8, 4) is 0 Å². The summed E-state index contributed by atoms with van der Waals surface area (Å²) in [7, 11) is -0.156. The van der Waals surface area contributed by atoms with Gasteiger partial charge in [0.25, 0.3) is 0 Å². The van der Waals surface area contributed by atoms with Crippen molar-refractivity contribution in [2.45, 2.75) is 19.3 Å². The quantitative estimate of drug-likeness (QED) is 0.425. The number of Topliss-reactive ketones (excluding diaryl/α,β-unsaturated/α-hetero) is 1. The molecular formula is C12H20ClN3O3S. The molecule has 1 heterocycles. The topological polar surface area (TPSA) is 70.1 Å². The Labute approximate surface area is 125 Å². The van der Waals surface area contributed by atoms with Crippen molar-refractivity contribution < 1.29 is 13.2 Å². The Morgan fingerprint density at radius 1 is 1.45 bits per heavy atom. The minimum absolute atomic E-state index is 0.00323. The maximum Gasteiger partial charge on any atom is 0.323 e. The lowest BCUT2D eigenvalue weighted by Crippen LogP contribution is -2.39. The summed E-state index contributed by atoms with van der Waals surface area (Å²) < 4.78 is 29.0. The van der Waals surface area contributed by atoms with Gasteiger partial charge >= 0.3 is 10.2 Å². The van der Waals surface area contributed by atoms with Crippen LogP contribution in [0.2, 0.25) is 0 Å². The van der Waals surface area contributed by atoms with E-state index in [0.717, 1.165) is 19.3 Å². The van der Waals surface area contributed by atoms with Crippen LogP contribution in [0.3, 0.4) is 0 Å². The van der Waals surface area contributed by atoms with Crippen LogP contribution in [0.15, 0.2) is 4.40 Å². The van der Waals surface area contributed by atoms with Crippen molar-refractivity contribution in [2.75, 3.05) is 33.1 Å². The average molecular weight is 322 g/mol. The molecule has 0 bridgehead atoms. The van der Waals surface area contributed by atoms with E-state index < -0.39 is 10.2 Å². The largest absolute Gasteiger partial charge is 0.368 e. The van der Waals surface area contributed by atoms with Crippen LogP contribution in [0, 0.1) is 11.3 Å². The summed E-state index contributed by atoms with van der Waals surface area (Å²) in [5, 5.41) is 0. The Balaban J connectivity index is 1.94. The molecule has 8 heteroatoms. The lowest BCUT2D eigenvalue weighted by atomic mass is 9.91. The molecule has 0 aromatic heterocycles. The molecule has 1 aliphatic carbocycles. The molecule has 1 spiro atoms. The zero-order valence-electron chi connectivity index (χ0n) is 11.7. The Morgan fingerprint density at radius 2 is 2.05 bits per heavy atom. The third-order valence-electron chi connectivity index (χ3n) is 4.17. The first-order chi connectivity index (χ1) is 9.31. The van der Waals surface area contributed by atoms with Gasteiger partial charge in [0, 0.05) is 33.1 Å². The van der Waals surface area contributed by atoms with E-state index in [1.807, 2.05) is 0 Å². The molecule has 114 valence electrons. The van der Waals surface area contributed by atoms with Gasteiger partial charge in [-0.15, -0.1) is 16.0 Å². The van der Waals surface area contributed by atoms with Crippen LogP contribution in [0.5, 0.6) is 0 Å². The predicted octanol–water partition coefficient (Wildman–Crippen LogP) is 0.731. The zero-order chi connectivity index (χ0) is 15.0. The molecule has 0 radical (unpaired) electrons. The molecule has 6 nitrogen and oxygen atoms in total. The smallest absolute Gasteiger partial charge is 0.323 e. The predicted molar refractivity (Wildman–Crippen MR) is 78.2 cm³/mol. The number of nitrogens with zero attached hydrogens (tertiary/aromatic N) is 3. The highest BCUT2D eigenvalue weighted by atomic mass is 35.5. The number of piperidine rings is 1. The van der Waals surface area contributed by atoms with Crippen molar-refractivity contribution in [3.05, 3.63) is 0 Å². The maximum atomic E-state index is 12.0. The van der Waals surface area contributed by atoms with Crippen molar-refractivity contribution >= 4 is 33.9 Å². The molecule has 0 N–H and O–H groups in total. The molecule has 2 aliphatic rings. The molecule has 0 amide bonds. The van der Waals surface area contributed by atoms with Gasteiger partial charge < -0.3 is 4.90 Å². The number of hydrogen-bond acceptors (Lipinski definition) is 3. The molecule has 1 aliphatic heterocycles. The highest BCUT2D eigenvalue weighted by molar-refractivity contribution is 7.87. The number of ketones is 1. The SMILES string of the molecule is CN(C)C=NS(=O)(=O)N1CCC2(CC1)C[C@H]2C(=O)CCl. The highest BCUT2D eigenvalue weighted by Crippen LogP contribution is 2.59. The van der Waals surface area contributed by atoms with Gasteiger partial charge in [0.1, 0.15) is 6.34 Å². The standard InChI is InChI=1S/C12H20ClN3O3S/c1-15(2)9-14-20(18,19)16-5-3-12(4-6-16)7-10(12)11(17)8-13/h9-10H,3-8H2,1-2H3/t10-/m0/s1. The summed E-state index contributed by atoms with van der Waals surface area (Å²) in [5.41, 5.74) is 0.00323. The van der Waals surface area contributed by atoms with Crippen molar-refractivity contribution in [1.29, 1.82) is 0 Å². The lowest BCUT2D eigenvalue weighted by Gasteiger charge is -2.30. The van der Waals surface area contributed by atoms with Crippen molar-refractivity contribution in [2.24, 2.45) is 15.7 Å². The number of rotatable bonds is 5. The van der Waals surface area contributed by atoms with Gasteiger partial charge in [-0.1, -0.05) is 0 Å². The van der Waals surface area contributed by atoms with E-state index in [9.17, 15) is 13.2 Å². The number of halogens is 1. The Morgan fingerprint density at radius 3 is 2.55 bits per heavy atom. The van der Waals surface area contributed by atoms with Crippen LogP contribution in [0.4, 0.5) is 0 Å². The first kappa shape index (κ1) is 15.7. The van der Waals surface area contributed by atoms with E-state index >= 15 is 0 Å². The highest BCUT2D eigenvalue weighted by Gasteiger charge is 2.58. The molecule has 0 aromatic carbocycles. The van der Waals surface area contributed by atoms with E-state index in [1.54, 1.807) is 19.0 Å². The third-order valence-corrected chi connectivity index (χ3v) is 5.81. The van der Waals surface area contributed by atoms with E-state index in [1.165, 1.54) is 10.6 Å². The van der Waals surface area contributed by atoms with Crippen molar-refractivity contribution in [3.63, 3.8) is 0 Å². The fourth-order valence-corrected chi connectivity index (χ4v) is 4.10. The van der Waals surface area contributed by atoms with E-state index in [4.69, 9.17) is 11.6 Å². The second-order valence-electron chi connectivity index (χ2n) is 5.78. The summed E-state index contributed by atoms with van der Waals surface area (Å²) in [5.74, 6) is 0.186. The van der Waals surface area contributed by atoms with Crippen LogP contribution < -0.4 is 0 Å². The van der Waals surface area contributed by atoms with E-state index in [-0.39, 0.29) is 23.0 Å². The molecule has 1 saturated carbocycles. The van der Waals surface area contributed by atoms with Gasteiger partial charge in [0.05, 0.1) is 5.88 Å². The Kier molecular flexibility index (Phi) is 4.41. The zero-order valence-corrected chi connectivity index (χ0v) is 13.3. The minimum Gasteiger partial charge on any atom is -0.368 e. The van der Waals surface area contributed by atoms with Gasteiger partial charge in [-0.3, -0.25) is 4.79 Å². The van der Waals surface area contributed by atoms with Crippen LogP contribution >= 0.6 is 11.6 Å². The summed E-state index contributed by atoms with van der Waals surface area (Å²) in [6.45, 7) is 0.859. The summed E-state index contributed by atoms with van der Waals surface area (Å²) in [4.78, 5) is 13.2. The van der Waals surface area contributed by atoms with Crippen molar-refractivity contribution in [1.82, 2.24) is 9.21 Å².